The zero-order chi connectivity index (χ0) is 18.2. The van der Waals surface area contributed by atoms with Crippen molar-refractivity contribution in [2.24, 2.45) is 0 Å². The molecule has 0 saturated carbocycles. The molecule has 1 unspecified atom stereocenters. The molecule has 0 aromatic heterocycles. The average Bonchev–Trinajstić information content (AvgIpc) is 2.40. The third kappa shape index (κ3) is 5.07. The van der Waals surface area contributed by atoms with Crippen LogP contribution in [0.4, 0.5) is 0 Å². The van der Waals surface area contributed by atoms with Gasteiger partial charge in [0.1, 0.15) is 0 Å². The summed E-state index contributed by atoms with van der Waals surface area (Å²) in [7, 11) is 0.187. The largest absolute Gasteiger partial charge is 1.00 e. The first-order valence-electron chi connectivity index (χ1n) is 8.51. The Labute approximate surface area is 167 Å². The quantitative estimate of drug-likeness (QED) is 0.616. The van der Waals surface area contributed by atoms with E-state index in [2.05, 4.69) is 79.7 Å². The molecule has 0 aliphatic heterocycles. The Morgan fingerprint density at radius 2 is 1.24 bits per heavy atom. The molecule has 1 atom stereocenters. The minimum atomic E-state index is 0. The first kappa shape index (κ1) is 22.2. The van der Waals surface area contributed by atoms with Gasteiger partial charge in [-0.25, -0.2) is 0 Å². The first-order chi connectivity index (χ1) is 11.0. The van der Waals surface area contributed by atoms with E-state index in [0.717, 1.165) is 16.7 Å². The van der Waals surface area contributed by atoms with Crippen LogP contribution in [0.2, 0.25) is 0 Å². The van der Waals surface area contributed by atoms with Crippen LogP contribution in [-0.2, 0) is 5.41 Å². The number of benzene rings is 2. The van der Waals surface area contributed by atoms with E-state index in [0.29, 0.717) is 0 Å². The minimum absolute atomic E-state index is 0. The topological polar surface area (TPSA) is 17.1 Å². The maximum atomic E-state index is 13.0. The third-order valence-corrected chi connectivity index (χ3v) is 6.06. The average molecular weight is 347 g/mol. The molecule has 0 aliphatic carbocycles. The van der Waals surface area contributed by atoms with Gasteiger partial charge >= 0.3 is 18.9 Å². The molecule has 2 rings (SSSR count). The van der Waals surface area contributed by atoms with Gasteiger partial charge in [0, 0.05) is 5.56 Å². The summed E-state index contributed by atoms with van der Waals surface area (Å²) in [5.74, 6) is 0. The molecule has 3 heteroatoms. The van der Waals surface area contributed by atoms with Crippen molar-refractivity contribution in [2.75, 3.05) is 0 Å². The summed E-state index contributed by atoms with van der Waals surface area (Å²) in [6, 6.07) is 8.70. The van der Waals surface area contributed by atoms with E-state index in [-0.39, 0.29) is 38.4 Å². The van der Waals surface area contributed by atoms with Gasteiger partial charge in [-0.3, -0.25) is 4.79 Å². The van der Waals surface area contributed by atoms with Crippen molar-refractivity contribution in [2.45, 2.75) is 60.8 Å². The van der Waals surface area contributed by atoms with Crippen molar-refractivity contribution in [3.8, 4) is 0 Å². The van der Waals surface area contributed by atoms with Crippen LogP contribution < -0.4 is 24.2 Å². The Balaban J connectivity index is 0.00000312. The van der Waals surface area contributed by atoms with E-state index < -0.39 is 0 Å². The summed E-state index contributed by atoms with van der Waals surface area (Å²) in [5, 5.41) is 1.20. The maximum Gasteiger partial charge on any atom is 1.00 e. The molecule has 0 fully saturated rings. The van der Waals surface area contributed by atoms with Gasteiger partial charge in [-0.15, -0.1) is 0 Å². The fraction of sp³-hybridized carbons (Fsp3) is 0.409. The second-order valence-electron chi connectivity index (χ2n) is 7.96. The molecule has 0 amide bonds. The van der Waals surface area contributed by atoms with E-state index in [1.807, 2.05) is 0 Å². The molecule has 25 heavy (non-hydrogen) atoms. The Morgan fingerprint density at radius 3 is 1.64 bits per heavy atom. The van der Waals surface area contributed by atoms with E-state index in [4.69, 9.17) is 0 Å². The monoisotopic (exact) mass is 347 g/mol. The van der Waals surface area contributed by atoms with Crippen LogP contribution >= 0.6 is 8.58 Å². The molecule has 128 valence electrons. The molecule has 2 aromatic carbocycles. The van der Waals surface area contributed by atoms with Crippen LogP contribution in [0, 0.1) is 34.6 Å². The smallest absolute Gasteiger partial charge is 0.289 e. The van der Waals surface area contributed by atoms with Crippen LogP contribution in [-0.4, -0.2) is 5.52 Å². The predicted octanol–water partition coefficient (Wildman–Crippen LogP) is 2.67. The van der Waals surface area contributed by atoms with Gasteiger partial charge in [0.05, 0.1) is 0 Å². The van der Waals surface area contributed by atoms with E-state index >= 15 is 0 Å². The van der Waals surface area contributed by atoms with Crippen molar-refractivity contribution in [3.05, 3.63) is 63.2 Å². The van der Waals surface area contributed by atoms with Crippen LogP contribution in [0.1, 0.15) is 64.5 Å². The van der Waals surface area contributed by atoms with Gasteiger partial charge in [-0.2, -0.15) is 0 Å². The third-order valence-electron chi connectivity index (χ3n) is 4.54. The van der Waals surface area contributed by atoms with Gasteiger partial charge in [-0.1, -0.05) is 50.6 Å². The number of aryl methyl sites for hydroxylation is 5. The van der Waals surface area contributed by atoms with Crippen LogP contribution in [0.15, 0.2) is 24.3 Å². The molecular weight excluding hydrogens is 318 g/mol. The van der Waals surface area contributed by atoms with Gasteiger partial charge in [0.25, 0.3) is 0 Å². The number of carbonyl (C=O) groups excluding carboxylic acids is 1. The summed E-state index contributed by atoms with van der Waals surface area (Å²) in [6.45, 7) is 17.1. The van der Waals surface area contributed by atoms with Crippen molar-refractivity contribution in [1.82, 2.24) is 0 Å². The molecule has 0 radical (unpaired) electrons. The Hall–Kier alpha value is -0.863. The van der Waals surface area contributed by atoms with Crippen LogP contribution in [0.25, 0.3) is 0 Å². The van der Waals surface area contributed by atoms with Crippen molar-refractivity contribution >= 4 is 19.4 Å². The molecular formula is C22H29LiOP+. The molecule has 2 aromatic rings. The number of hydrogen-bond acceptors (Lipinski definition) is 1. The molecule has 0 saturated heterocycles. The normalized spacial score (nSPS) is 11.7. The van der Waals surface area contributed by atoms with Crippen molar-refractivity contribution in [3.63, 3.8) is 0 Å². The SMILES string of the molecule is Cc1cc(C)c(PC(=O)c2c(C)cc(C(C)(C)C)cc2C)c(C)c1.[Li+]. The summed E-state index contributed by atoms with van der Waals surface area (Å²) in [5.41, 5.74) is 8.44. The zero-order valence-corrected chi connectivity index (χ0v) is 18.2. The number of carbonyl (C=O) groups is 1. The molecule has 0 N–H and O–H groups in total. The van der Waals surface area contributed by atoms with Gasteiger partial charge in [0.15, 0.2) is 5.52 Å². The first-order valence-corrected chi connectivity index (χ1v) is 9.51. The van der Waals surface area contributed by atoms with Gasteiger partial charge < -0.3 is 0 Å². The molecule has 0 spiro atoms. The maximum absolute atomic E-state index is 13.0. The zero-order valence-electron chi connectivity index (χ0n) is 17.2. The summed E-state index contributed by atoms with van der Waals surface area (Å²) in [6.07, 6.45) is 0. The second-order valence-corrected chi connectivity index (χ2v) is 9.17. The van der Waals surface area contributed by atoms with E-state index in [1.165, 1.54) is 27.6 Å². The second kappa shape index (κ2) is 8.22. The molecule has 1 nitrogen and oxygen atoms in total. The van der Waals surface area contributed by atoms with Crippen molar-refractivity contribution < 1.29 is 23.7 Å². The fourth-order valence-corrected chi connectivity index (χ4v) is 4.59. The van der Waals surface area contributed by atoms with Crippen LogP contribution in [0.5, 0.6) is 0 Å². The number of hydrogen-bond donors (Lipinski definition) is 0. The standard InChI is InChI=1S/C22H29OP.Li/c1-13-9-16(4)20(17(5)10-13)24-21(23)19-14(2)11-18(12-15(19)3)22(6,7)8;/h9-12,24H,1-8H3;/q;+1. The van der Waals surface area contributed by atoms with Gasteiger partial charge in [-0.05, 0) is 81.7 Å². The van der Waals surface area contributed by atoms with E-state index in [1.54, 1.807) is 0 Å². The summed E-state index contributed by atoms with van der Waals surface area (Å²) < 4.78 is 0. The number of rotatable bonds is 3. The summed E-state index contributed by atoms with van der Waals surface area (Å²) in [4.78, 5) is 13.0. The predicted molar refractivity (Wildman–Crippen MR) is 108 cm³/mol. The van der Waals surface area contributed by atoms with E-state index in [9.17, 15) is 4.79 Å². The van der Waals surface area contributed by atoms with Crippen LogP contribution in [0.3, 0.4) is 0 Å². The Morgan fingerprint density at radius 1 is 0.800 bits per heavy atom. The molecule has 0 aliphatic rings. The minimum Gasteiger partial charge on any atom is -0.289 e. The van der Waals surface area contributed by atoms with Crippen molar-refractivity contribution in [1.29, 1.82) is 0 Å². The fourth-order valence-electron chi connectivity index (χ4n) is 3.31. The summed E-state index contributed by atoms with van der Waals surface area (Å²) >= 11 is 0. The molecule has 0 bridgehead atoms. The van der Waals surface area contributed by atoms with Gasteiger partial charge in [0.2, 0.25) is 0 Å². The molecule has 0 heterocycles. The Kier molecular flexibility index (Phi) is 7.29. The Bertz CT molecular complexity index is 754.